The number of hydrogen-bond acceptors (Lipinski definition) is 7. The number of esters is 1. The summed E-state index contributed by atoms with van der Waals surface area (Å²) in [6.45, 7) is 2.40. The Morgan fingerprint density at radius 2 is 2.08 bits per heavy atom. The van der Waals surface area contributed by atoms with Crippen LogP contribution in [-0.4, -0.2) is 42.5 Å². The highest BCUT2D eigenvalue weighted by atomic mass is 16.5. The van der Waals surface area contributed by atoms with Gasteiger partial charge in [-0.1, -0.05) is 19.8 Å². The Balaban J connectivity index is 2.66. The number of nitrogens with one attached hydrogen (secondary N) is 1. The average molecular weight is 368 g/mol. The molecule has 0 aliphatic rings. The van der Waals surface area contributed by atoms with Gasteiger partial charge in [0.1, 0.15) is 12.3 Å². The summed E-state index contributed by atoms with van der Waals surface area (Å²) < 4.78 is 9.99. The Labute approximate surface area is 152 Å². The summed E-state index contributed by atoms with van der Waals surface area (Å²) in [5, 5.41) is 2.58. The van der Waals surface area contributed by atoms with E-state index in [1.807, 2.05) is 0 Å². The third kappa shape index (κ3) is 7.09. The van der Waals surface area contributed by atoms with Crippen molar-refractivity contribution >= 4 is 17.8 Å². The second-order valence-corrected chi connectivity index (χ2v) is 5.82. The number of hydrogen-bond donors (Lipinski definition) is 4. The van der Waals surface area contributed by atoms with Crippen LogP contribution in [0, 0.1) is 0 Å². The first-order valence-electron chi connectivity index (χ1n) is 8.54. The minimum atomic E-state index is -0.837. The number of aromatic nitrogens is 1. The van der Waals surface area contributed by atoms with Gasteiger partial charge in [0, 0.05) is 6.54 Å². The van der Waals surface area contributed by atoms with Crippen LogP contribution in [0.1, 0.15) is 61.4 Å². The number of amides is 1. The molecule has 146 valence electrons. The topological polar surface area (TPSA) is 172 Å². The van der Waals surface area contributed by atoms with Gasteiger partial charge in [0.05, 0.1) is 13.2 Å². The molecule has 0 aromatic carbocycles. The predicted molar refractivity (Wildman–Crippen MR) is 96.1 cm³/mol. The Hall–Kier alpha value is -2.62. The first kappa shape index (κ1) is 21.4. The molecule has 0 aliphatic heterocycles. The fourth-order valence-corrected chi connectivity index (χ4v) is 2.24. The minimum Gasteiger partial charge on any atom is -0.467 e. The molecule has 10 nitrogen and oxygen atoms in total. The Morgan fingerprint density at radius 3 is 2.69 bits per heavy atom. The molecule has 1 rings (SSSR count). The lowest BCUT2D eigenvalue weighted by Gasteiger charge is -2.15. The SMILES string of the molecule is CCCCC(N)c1nc(C(=O)NC(CCCN=C(N)N)C(=O)OC)co1. The summed E-state index contributed by atoms with van der Waals surface area (Å²) in [7, 11) is 1.25. The Morgan fingerprint density at radius 1 is 1.35 bits per heavy atom. The number of methoxy groups -OCH3 is 1. The molecule has 1 aromatic rings. The summed E-state index contributed by atoms with van der Waals surface area (Å²) in [5.74, 6) is -0.837. The van der Waals surface area contributed by atoms with E-state index in [9.17, 15) is 9.59 Å². The molecule has 2 unspecified atom stereocenters. The van der Waals surface area contributed by atoms with Crippen molar-refractivity contribution < 1.29 is 18.7 Å². The maximum Gasteiger partial charge on any atom is 0.328 e. The van der Waals surface area contributed by atoms with Crippen LogP contribution in [0.15, 0.2) is 15.7 Å². The minimum absolute atomic E-state index is 0.0295. The number of carbonyl (C=O) groups excluding carboxylic acids is 2. The number of nitrogens with zero attached hydrogens (tertiary/aromatic N) is 2. The van der Waals surface area contributed by atoms with E-state index in [2.05, 4.69) is 22.2 Å². The van der Waals surface area contributed by atoms with Gasteiger partial charge in [-0.25, -0.2) is 9.78 Å². The van der Waals surface area contributed by atoms with Gasteiger partial charge in [-0.2, -0.15) is 0 Å². The van der Waals surface area contributed by atoms with Crippen LogP contribution in [0.25, 0.3) is 0 Å². The lowest BCUT2D eigenvalue weighted by atomic mass is 10.1. The van der Waals surface area contributed by atoms with Gasteiger partial charge in [0.15, 0.2) is 11.7 Å². The van der Waals surface area contributed by atoms with Crippen molar-refractivity contribution in [1.82, 2.24) is 10.3 Å². The number of unbranched alkanes of at least 4 members (excludes halogenated alkanes) is 1. The van der Waals surface area contributed by atoms with Crippen LogP contribution in [0.4, 0.5) is 0 Å². The van der Waals surface area contributed by atoms with Crippen molar-refractivity contribution in [3.8, 4) is 0 Å². The number of guanidine groups is 1. The smallest absolute Gasteiger partial charge is 0.328 e. The Kier molecular flexibility index (Phi) is 9.13. The van der Waals surface area contributed by atoms with Crippen LogP contribution >= 0.6 is 0 Å². The van der Waals surface area contributed by atoms with Gasteiger partial charge in [-0.15, -0.1) is 0 Å². The van der Waals surface area contributed by atoms with E-state index in [-0.39, 0.29) is 17.7 Å². The molecule has 0 aliphatic carbocycles. The zero-order valence-electron chi connectivity index (χ0n) is 15.2. The highest BCUT2D eigenvalue weighted by Crippen LogP contribution is 2.16. The molecule has 10 heteroatoms. The van der Waals surface area contributed by atoms with Gasteiger partial charge >= 0.3 is 5.97 Å². The van der Waals surface area contributed by atoms with Gasteiger partial charge in [0.2, 0.25) is 5.89 Å². The molecule has 26 heavy (non-hydrogen) atoms. The molecule has 7 N–H and O–H groups in total. The van der Waals surface area contributed by atoms with Gasteiger partial charge in [0.25, 0.3) is 5.91 Å². The fraction of sp³-hybridized carbons (Fsp3) is 0.625. The molecule has 0 saturated heterocycles. The second kappa shape index (κ2) is 11.1. The number of rotatable bonds is 11. The molecule has 0 radical (unpaired) electrons. The van der Waals surface area contributed by atoms with Crippen LogP contribution < -0.4 is 22.5 Å². The van der Waals surface area contributed by atoms with E-state index in [0.717, 1.165) is 12.8 Å². The number of oxazole rings is 1. The highest BCUT2D eigenvalue weighted by molar-refractivity contribution is 5.94. The van der Waals surface area contributed by atoms with Crippen LogP contribution in [-0.2, 0) is 9.53 Å². The third-order valence-corrected chi connectivity index (χ3v) is 3.68. The molecule has 0 bridgehead atoms. The molecule has 0 spiro atoms. The van der Waals surface area contributed by atoms with Crippen molar-refractivity contribution in [1.29, 1.82) is 0 Å². The molecule has 0 fully saturated rings. The van der Waals surface area contributed by atoms with E-state index in [1.165, 1.54) is 13.4 Å². The first-order valence-corrected chi connectivity index (χ1v) is 8.54. The van der Waals surface area contributed by atoms with E-state index in [4.69, 9.17) is 26.4 Å². The lowest BCUT2D eigenvalue weighted by Crippen LogP contribution is -2.41. The normalized spacial score (nSPS) is 12.9. The van der Waals surface area contributed by atoms with E-state index >= 15 is 0 Å². The molecule has 1 amide bonds. The summed E-state index contributed by atoms with van der Waals surface area (Å²) in [5.41, 5.74) is 16.5. The average Bonchev–Trinajstić information content (AvgIpc) is 3.11. The van der Waals surface area contributed by atoms with Crippen LogP contribution in [0.3, 0.4) is 0 Å². The first-order chi connectivity index (χ1) is 12.4. The number of ether oxygens (including phenoxy) is 1. The number of aliphatic imine (C=N–C) groups is 1. The standard InChI is InChI=1S/C16H28N6O4/c1-3-4-6-10(17)14-22-12(9-26-14)13(23)21-11(15(24)25-2)7-5-8-20-16(18)19/h9-11H,3-8,17H2,1-2H3,(H,21,23)(H4,18,19,20). The maximum absolute atomic E-state index is 12.3. The molecular weight excluding hydrogens is 340 g/mol. The van der Waals surface area contributed by atoms with Crippen molar-refractivity contribution in [3.05, 3.63) is 17.8 Å². The van der Waals surface area contributed by atoms with Gasteiger partial charge in [-0.3, -0.25) is 9.79 Å². The zero-order valence-corrected chi connectivity index (χ0v) is 15.2. The summed E-state index contributed by atoms with van der Waals surface area (Å²) >= 11 is 0. The van der Waals surface area contributed by atoms with Crippen molar-refractivity contribution in [3.63, 3.8) is 0 Å². The molecule has 1 aromatic heterocycles. The highest BCUT2D eigenvalue weighted by Gasteiger charge is 2.24. The number of nitrogens with two attached hydrogens (primary N) is 3. The van der Waals surface area contributed by atoms with Crippen molar-refractivity contribution in [2.24, 2.45) is 22.2 Å². The monoisotopic (exact) mass is 368 g/mol. The molecule has 0 saturated carbocycles. The van der Waals surface area contributed by atoms with E-state index < -0.39 is 17.9 Å². The summed E-state index contributed by atoms with van der Waals surface area (Å²) in [6.07, 6.45) is 4.69. The van der Waals surface area contributed by atoms with Crippen LogP contribution in [0.2, 0.25) is 0 Å². The van der Waals surface area contributed by atoms with Crippen molar-refractivity contribution in [2.45, 2.75) is 51.1 Å². The zero-order chi connectivity index (χ0) is 19.5. The second-order valence-electron chi connectivity index (χ2n) is 5.82. The predicted octanol–water partition coefficient (Wildman–Crippen LogP) is 0.190. The molecular formula is C16H28N6O4. The van der Waals surface area contributed by atoms with E-state index in [1.54, 1.807) is 0 Å². The third-order valence-electron chi connectivity index (χ3n) is 3.68. The van der Waals surface area contributed by atoms with Crippen LogP contribution in [0.5, 0.6) is 0 Å². The summed E-state index contributed by atoms with van der Waals surface area (Å²) in [4.78, 5) is 32.1. The van der Waals surface area contributed by atoms with E-state index in [0.29, 0.717) is 31.7 Å². The maximum atomic E-state index is 12.3. The lowest BCUT2D eigenvalue weighted by molar-refractivity contribution is -0.143. The largest absolute Gasteiger partial charge is 0.467 e. The summed E-state index contributed by atoms with van der Waals surface area (Å²) in [6, 6.07) is -1.21. The van der Waals surface area contributed by atoms with Gasteiger partial charge in [-0.05, 0) is 19.3 Å². The van der Waals surface area contributed by atoms with Gasteiger partial charge < -0.3 is 31.7 Å². The van der Waals surface area contributed by atoms with Crippen molar-refractivity contribution in [2.75, 3.05) is 13.7 Å². The molecule has 1 heterocycles. The number of carbonyl (C=O) groups is 2. The molecule has 2 atom stereocenters. The Bertz CT molecular complexity index is 612. The fourth-order valence-electron chi connectivity index (χ4n) is 2.24. The quantitative estimate of drug-likeness (QED) is 0.185.